The molecule has 5 N–H and O–H groups in total. The Morgan fingerprint density at radius 3 is 2.45 bits per heavy atom. The Kier molecular flexibility index (Phi) is 3.62. The Bertz CT molecular complexity index is 629. The average molecular weight is 295 g/mol. The number of nitrogens with two attached hydrogens (primary N) is 1. The zero-order valence-corrected chi connectivity index (χ0v) is 13.2. The first-order valence-electron chi connectivity index (χ1n) is 6.39. The number of aliphatic hydroxyl groups is 1. The number of hydrogen-bond donors (Lipinski definition) is 4. The van der Waals surface area contributed by atoms with E-state index < -0.39 is 11.1 Å². The van der Waals surface area contributed by atoms with Crippen molar-refractivity contribution in [2.45, 2.75) is 45.8 Å². The van der Waals surface area contributed by atoms with E-state index in [-0.39, 0.29) is 0 Å². The van der Waals surface area contributed by atoms with Crippen LogP contribution in [0.4, 0.5) is 11.8 Å². The molecule has 0 aliphatic heterocycles. The van der Waals surface area contributed by atoms with Crippen LogP contribution in [0.5, 0.6) is 0 Å². The third kappa shape index (κ3) is 2.70. The van der Waals surface area contributed by atoms with Crippen LogP contribution in [0, 0.1) is 6.92 Å². The number of nitrogens with zero attached hydrogens (tertiary/aromatic N) is 2. The molecule has 110 valence electrons. The number of anilines is 2. The zero-order valence-electron chi connectivity index (χ0n) is 12.4. The molecular formula is C13H21N5OS. The highest BCUT2D eigenvalue weighted by atomic mass is 32.1. The van der Waals surface area contributed by atoms with Gasteiger partial charge in [0.1, 0.15) is 10.6 Å². The molecule has 2 aromatic heterocycles. The lowest BCUT2D eigenvalue weighted by atomic mass is 9.86. The van der Waals surface area contributed by atoms with Gasteiger partial charge in [-0.3, -0.25) is 5.43 Å². The molecule has 0 saturated carbocycles. The van der Waals surface area contributed by atoms with Gasteiger partial charge in [-0.2, -0.15) is 4.98 Å². The van der Waals surface area contributed by atoms with Crippen molar-refractivity contribution in [3.05, 3.63) is 10.9 Å². The molecule has 2 heterocycles. The van der Waals surface area contributed by atoms with E-state index >= 15 is 0 Å². The second-order valence-corrected chi connectivity index (χ2v) is 7.16. The fourth-order valence-electron chi connectivity index (χ4n) is 1.65. The smallest absolute Gasteiger partial charge is 0.240 e. The predicted octanol–water partition coefficient (Wildman–Crippen LogP) is 2.25. The summed E-state index contributed by atoms with van der Waals surface area (Å²) in [5.74, 6) is 6.44. The molecule has 0 amide bonds. The molecule has 0 spiro atoms. The van der Waals surface area contributed by atoms with Crippen LogP contribution in [0.1, 0.15) is 32.6 Å². The molecule has 0 saturated heterocycles. The van der Waals surface area contributed by atoms with Crippen molar-refractivity contribution in [1.82, 2.24) is 9.97 Å². The molecule has 6 nitrogen and oxygen atoms in total. The van der Waals surface area contributed by atoms with E-state index in [1.807, 2.05) is 26.8 Å². The molecular weight excluding hydrogens is 274 g/mol. The van der Waals surface area contributed by atoms with Crippen molar-refractivity contribution in [2.24, 2.45) is 5.84 Å². The summed E-state index contributed by atoms with van der Waals surface area (Å²) in [5, 5.41) is 14.5. The van der Waals surface area contributed by atoms with Crippen LogP contribution in [-0.4, -0.2) is 26.2 Å². The largest absolute Gasteiger partial charge is 0.388 e. The molecule has 0 aliphatic rings. The molecule has 0 fully saturated rings. The molecule has 7 heteroatoms. The number of hydrazine groups is 1. The zero-order chi connectivity index (χ0) is 15.1. The van der Waals surface area contributed by atoms with Gasteiger partial charge in [-0.1, -0.05) is 0 Å². The second-order valence-electron chi connectivity index (χ2n) is 5.93. The van der Waals surface area contributed by atoms with Crippen LogP contribution < -0.4 is 16.6 Å². The molecule has 2 rings (SSSR count). The van der Waals surface area contributed by atoms with Gasteiger partial charge in [0.25, 0.3) is 0 Å². The molecule has 0 bridgehead atoms. The van der Waals surface area contributed by atoms with Crippen molar-refractivity contribution < 1.29 is 5.11 Å². The van der Waals surface area contributed by atoms with Gasteiger partial charge in [0.2, 0.25) is 5.95 Å². The first-order chi connectivity index (χ1) is 9.14. The van der Waals surface area contributed by atoms with Gasteiger partial charge in [-0.05, 0) is 40.7 Å². The molecule has 2 aromatic rings. The average Bonchev–Trinajstić information content (AvgIpc) is 2.67. The molecule has 0 aliphatic carbocycles. The normalized spacial score (nSPS) is 12.8. The lowest BCUT2D eigenvalue weighted by Gasteiger charge is -2.38. The van der Waals surface area contributed by atoms with Crippen LogP contribution in [0.3, 0.4) is 0 Å². The van der Waals surface area contributed by atoms with E-state index in [2.05, 4.69) is 20.7 Å². The Morgan fingerprint density at radius 2 is 1.90 bits per heavy atom. The van der Waals surface area contributed by atoms with Crippen molar-refractivity contribution in [3.63, 3.8) is 0 Å². The Hall–Kier alpha value is -1.44. The van der Waals surface area contributed by atoms with Crippen LogP contribution >= 0.6 is 11.3 Å². The van der Waals surface area contributed by atoms with E-state index in [0.29, 0.717) is 11.8 Å². The highest BCUT2D eigenvalue weighted by molar-refractivity contribution is 7.18. The predicted molar refractivity (Wildman–Crippen MR) is 84.0 cm³/mol. The van der Waals surface area contributed by atoms with Crippen LogP contribution in [0.25, 0.3) is 10.2 Å². The summed E-state index contributed by atoms with van der Waals surface area (Å²) in [4.78, 5) is 10.7. The monoisotopic (exact) mass is 295 g/mol. The van der Waals surface area contributed by atoms with Gasteiger partial charge < -0.3 is 10.4 Å². The number of nitrogens with one attached hydrogen (secondary N) is 2. The van der Waals surface area contributed by atoms with E-state index in [1.54, 1.807) is 25.2 Å². The van der Waals surface area contributed by atoms with Gasteiger partial charge >= 0.3 is 0 Å². The number of aromatic nitrogens is 2. The maximum atomic E-state index is 10.3. The lowest BCUT2D eigenvalue weighted by molar-refractivity contribution is 0.0239. The minimum atomic E-state index is -0.911. The quantitative estimate of drug-likeness (QED) is 0.510. The van der Waals surface area contributed by atoms with E-state index in [9.17, 15) is 5.11 Å². The minimum absolute atomic E-state index is 0.355. The first-order valence-corrected chi connectivity index (χ1v) is 7.21. The summed E-state index contributed by atoms with van der Waals surface area (Å²) < 4.78 is 0. The van der Waals surface area contributed by atoms with Gasteiger partial charge in [0, 0.05) is 4.88 Å². The number of thiophene rings is 1. The number of rotatable bonds is 4. The topological polar surface area (TPSA) is 96.1 Å². The number of fused-ring (bicyclic) bond motifs is 1. The van der Waals surface area contributed by atoms with Crippen molar-refractivity contribution in [3.8, 4) is 0 Å². The van der Waals surface area contributed by atoms with Gasteiger partial charge in [0.05, 0.1) is 16.5 Å². The first kappa shape index (κ1) is 15.0. The maximum absolute atomic E-state index is 10.3. The van der Waals surface area contributed by atoms with E-state index in [4.69, 9.17) is 5.84 Å². The summed E-state index contributed by atoms with van der Waals surface area (Å²) in [7, 11) is 0. The summed E-state index contributed by atoms with van der Waals surface area (Å²) >= 11 is 1.58. The fourth-order valence-corrected chi connectivity index (χ4v) is 2.53. The summed E-state index contributed by atoms with van der Waals surface area (Å²) in [6.07, 6.45) is 0. The highest BCUT2D eigenvalue weighted by Gasteiger charge is 2.35. The molecule has 0 atom stereocenters. The lowest BCUT2D eigenvalue weighted by Crippen LogP contribution is -2.51. The highest BCUT2D eigenvalue weighted by Crippen LogP contribution is 2.33. The van der Waals surface area contributed by atoms with E-state index in [1.165, 1.54) is 0 Å². The third-order valence-electron chi connectivity index (χ3n) is 3.61. The van der Waals surface area contributed by atoms with Gasteiger partial charge in [-0.15, -0.1) is 11.3 Å². The van der Waals surface area contributed by atoms with Crippen LogP contribution in [0.15, 0.2) is 6.07 Å². The van der Waals surface area contributed by atoms with Crippen molar-refractivity contribution in [1.29, 1.82) is 0 Å². The second kappa shape index (κ2) is 4.83. The molecule has 20 heavy (non-hydrogen) atoms. The van der Waals surface area contributed by atoms with Gasteiger partial charge in [-0.25, -0.2) is 10.8 Å². The van der Waals surface area contributed by atoms with Crippen molar-refractivity contribution >= 4 is 33.3 Å². The van der Waals surface area contributed by atoms with Crippen LogP contribution in [-0.2, 0) is 0 Å². The Balaban J connectivity index is 2.53. The van der Waals surface area contributed by atoms with E-state index in [0.717, 1.165) is 15.1 Å². The molecule has 0 aromatic carbocycles. The minimum Gasteiger partial charge on any atom is -0.388 e. The third-order valence-corrected chi connectivity index (χ3v) is 4.55. The standard InChI is InChI=1S/C13H21N5OS/c1-7-6-8-9(17-12(2,3)13(4,5)19)15-11(18-14)16-10(8)20-7/h6,19H,14H2,1-5H3,(H2,15,16,17,18). The summed E-state index contributed by atoms with van der Waals surface area (Å²) in [5.41, 5.74) is 1.00. The Morgan fingerprint density at radius 1 is 1.25 bits per heavy atom. The summed E-state index contributed by atoms with van der Waals surface area (Å²) in [6.45, 7) is 9.40. The van der Waals surface area contributed by atoms with Crippen molar-refractivity contribution in [2.75, 3.05) is 10.7 Å². The number of aryl methyl sites for hydroxylation is 1. The van der Waals surface area contributed by atoms with Gasteiger partial charge in [0.15, 0.2) is 0 Å². The molecule has 0 radical (unpaired) electrons. The van der Waals surface area contributed by atoms with Crippen LogP contribution in [0.2, 0.25) is 0 Å². The molecule has 0 unspecified atom stereocenters. The Labute approximate surface area is 122 Å². The number of hydrogen-bond acceptors (Lipinski definition) is 7. The SMILES string of the molecule is Cc1cc2c(NC(C)(C)C(C)(C)O)nc(NN)nc2s1. The fraction of sp³-hybridized carbons (Fsp3) is 0.538. The number of nitrogen functional groups attached to an aromatic ring is 1. The maximum Gasteiger partial charge on any atom is 0.240 e. The summed E-state index contributed by atoms with van der Waals surface area (Å²) in [6, 6.07) is 2.03.